The predicted octanol–water partition coefficient (Wildman–Crippen LogP) is 4.69. The molecule has 1 aromatic heterocycles. The number of oxazole rings is 1. The molecule has 23 heavy (non-hydrogen) atoms. The third-order valence-electron chi connectivity index (χ3n) is 3.37. The minimum Gasteiger partial charge on any atom is -0.486 e. The Kier molecular flexibility index (Phi) is 4.44. The van der Waals surface area contributed by atoms with Crippen molar-refractivity contribution in [2.75, 3.05) is 0 Å². The number of carbonyl (C=O) groups is 1. The number of nitrogens with zero attached hydrogens (tertiary/aromatic N) is 1. The molecule has 0 aliphatic carbocycles. The van der Waals surface area contributed by atoms with Crippen molar-refractivity contribution >= 4 is 17.9 Å². The molecule has 0 aliphatic rings. The van der Waals surface area contributed by atoms with Crippen molar-refractivity contribution in [2.45, 2.75) is 13.5 Å². The number of carbonyl (C=O) groups excluding carboxylic acids is 1. The number of hydrogen-bond acceptors (Lipinski definition) is 4. The summed E-state index contributed by atoms with van der Waals surface area (Å²) in [5.74, 6) is 1.76. The fraction of sp³-hybridized carbons (Fsp3) is 0.111. The van der Waals surface area contributed by atoms with Crippen LogP contribution < -0.4 is 4.74 Å². The van der Waals surface area contributed by atoms with Crippen LogP contribution in [0, 0.1) is 6.92 Å². The summed E-state index contributed by atoms with van der Waals surface area (Å²) in [4.78, 5) is 15.2. The normalized spacial score (nSPS) is 10.5. The van der Waals surface area contributed by atoms with Crippen LogP contribution in [0.5, 0.6) is 5.75 Å². The first-order chi connectivity index (χ1) is 11.2. The molecule has 3 aromatic rings. The van der Waals surface area contributed by atoms with E-state index in [0.29, 0.717) is 33.7 Å². The number of rotatable bonds is 5. The minimum atomic E-state index is 0.238. The number of hydrogen-bond donors (Lipinski definition) is 0. The average molecular weight is 328 g/mol. The van der Waals surface area contributed by atoms with Gasteiger partial charge >= 0.3 is 0 Å². The second kappa shape index (κ2) is 6.67. The minimum absolute atomic E-state index is 0.238. The molecule has 2 aromatic carbocycles. The van der Waals surface area contributed by atoms with Crippen LogP contribution in [0.4, 0.5) is 0 Å². The van der Waals surface area contributed by atoms with Gasteiger partial charge in [-0.15, -0.1) is 0 Å². The first kappa shape index (κ1) is 15.3. The van der Waals surface area contributed by atoms with E-state index in [-0.39, 0.29) is 6.61 Å². The van der Waals surface area contributed by atoms with Gasteiger partial charge in [0.1, 0.15) is 30.1 Å². The van der Waals surface area contributed by atoms with Crippen LogP contribution in [0.3, 0.4) is 0 Å². The van der Waals surface area contributed by atoms with Crippen LogP contribution in [-0.2, 0) is 6.61 Å². The van der Waals surface area contributed by atoms with Crippen molar-refractivity contribution in [1.82, 2.24) is 4.98 Å². The Labute approximate surface area is 138 Å². The van der Waals surface area contributed by atoms with Crippen molar-refractivity contribution in [3.63, 3.8) is 0 Å². The van der Waals surface area contributed by atoms with Gasteiger partial charge in [0.2, 0.25) is 5.89 Å². The molecule has 0 saturated heterocycles. The number of benzene rings is 2. The molecule has 0 bridgehead atoms. The van der Waals surface area contributed by atoms with Gasteiger partial charge in [-0.05, 0) is 37.3 Å². The molecule has 0 amide bonds. The number of aromatic nitrogens is 1. The smallest absolute Gasteiger partial charge is 0.226 e. The lowest BCUT2D eigenvalue weighted by atomic mass is 10.2. The Balaban J connectivity index is 1.76. The summed E-state index contributed by atoms with van der Waals surface area (Å²) < 4.78 is 11.4. The molecule has 0 spiro atoms. The van der Waals surface area contributed by atoms with Gasteiger partial charge in [-0.25, -0.2) is 4.98 Å². The van der Waals surface area contributed by atoms with Crippen LogP contribution in [0.15, 0.2) is 52.9 Å². The van der Waals surface area contributed by atoms with Gasteiger partial charge in [-0.3, -0.25) is 4.79 Å². The van der Waals surface area contributed by atoms with E-state index in [2.05, 4.69) is 4.98 Å². The van der Waals surface area contributed by atoms with E-state index >= 15 is 0 Å². The Hall–Kier alpha value is -2.59. The van der Waals surface area contributed by atoms with E-state index in [4.69, 9.17) is 20.8 Å². The largest absolute Gasteiger partial charge is 0.486 e. The molecule has 1 heterocycles. The van der Waals surface area contributed by atoms with Gasteiger partial charge in [0.25, 0.3) is 0 Å². The van der Waals surface area contributed by atoms with Crippen molar-refractivity contribution < 1.29 is 13.9 Å². The molecule has 0 atom stereocenters. The number of aldehydes is 1. The van der Waals surface area contributed by atoms with E-state index in [1.54, 1.807) is 18.2 Å². The molecule has 4 nitrogen and oxygen atoms in total. The Morgan fingerprint density at radius 3 is 2.70 bits per heavy atom. The summed E-state index contributed by atoms with van der Waals surface area (Å²) in [7, 11) is 0. The molecule has 5 heteroatoms. The molecule has 0 unspecified atom stereocenters. The molecular formula is C18H14ClNO3. The van der Waals surface area contributed by atoms with Gasteiger partial charge < -0.3 is 9.15 Å². The second-order valence-corrected chi connectivity index (χ2v) is 5.39. The van der Waals surface area contributed by atoms with Crippen LogP contribution in [0.1, 0.15) is 21.8 Å². The zero-order valence-electron chi connectivity index (χ0n) is 12.5. The maximum absolute atomic E-state index is 10.7. The van der Waals surface area contributed by atoms with E-state index in [1.165, 1.54) is 0 Å². The SMILES string of the molecule is Cc1oc(-c2ccccc2)nc1COc1ccc(C=O)cc1Cl. The highest BCUT2D eigenvalue weighted by molar-refractivity contribution is 6.32. The third kappa shape index (κ3) is 3.43. The summed E-state index contributed by atoms with van der Waals surface area (Å²) in [6.45, 7) is 2.08. The van der Waals surface area contributed by atoms with Crippen molar-refractivity contribution in [1.29, 1.82) is 0 Å². The van der Waals surface area contributed by atoms with Gasteiger partial charge in [0.15, 0.2) is 0 Å². The molecular weight excluding hydrogens is 314 g/mol. The molecule has 0 fully saturated rings. The van der Waals surface area contributed by atoms with Gasteiger partial charge in [-0.2, -0.15) is 0 Å². The van der Waals surface area contributed by atoms with E-state index < -0.39 is 0 Å². The lowest BCUT2D eigenvalue weighted by Gasteiger charge is -2.06. The zero-order chi connectivity index (χ0) is 16.2. The van der Waals surface area contributed by atoms with Crippen LogP contribution >= 0.6 is 11.6 Å². The highest BCUT2D eigenvalue weighted by Crippen LogP contribution is 2.27. The number of ether oxygens (including phenoxy) is 1. The summed E-state index contributed by atoms with van der Waals surface area (Å²) in [5, 5.41) is 0.388. The fourth-order valence-corrected chi connectivity index (χ4v) is 2.36. The monoisotopic (exact) mass is 327 g/mol. The van der Waals surface area contributed by atoms with Crippen molar-refractivity contribution in [2.24, 2.45) is 0 Å². The molecule has 0 radical (unpaired) electrons. The molecule has 0 N–H and O–H groups in total. The highest BCUT2D eigenvalue weighted by Gasteiger charge is 2.12. The number of halogens is 1. The average Bonchev–Trinajstić information content (AvgIpc) is 2.95. The summed E-state index contributed by atoms with van der Waals surface area (Å²) >= 11 is 6.09. The van der Waals surface area contributed by atoms with Gasteiger partial charge in [0, 0.05) is 11.1 Å². The third-order valence-corrected chi connectivity index (χ3v) is 3.67. The molecule has 116 valence electrons. The lowest BCUT2D eigenvalue weighted by molar-refractivity contribution is 0.112. The van der Waals surface area contributed by atoms with E-state index in [0.717, 1.165) is 11.8 Å². The lowest BCUT2D eigenvalue weighted by Crippen LogP contribution is -1.98. The quantitative estimate of drug-likeness (QED) is 0.638. The molecule has 3 rings (SSSR count). The van der Waals surface area contributed by atoms with Crippen molar-refractivity contribution in [3.8, 4) is 17.2 Å². The second-order valence-electron chi connectivity index (χ2n) is 4.98. The molecule has 0 saturated carbocycles. The van der Waals surface area contributed by atoms with Crippen LogP contribution in [-0.4, -0.2) is 11.3 Å². The zero-order valence-corrected chi connectivity index (χ0v) is 13.2. The highest BCUT2D eigenvalue weighted by atomic mass is 35.5. The topological polar surface area (TPSA) is 52.3 Å². The summed E-state index contributed by atoms with van der Waals surface area (Å²) in [5.41, 5.74) is 2.13. The van der Waals surface area contributed by atoms with Crippen LogP contribution in [0.2, 0.25) is 5.02 Å². The first-order valence-corrected chi connectivity index (χ1v) is 7.44. The standard InChI is InChI=1S/C18H14ClNO3/c1-12-16(20-18(23-12)14-5-3-2-4-6-14)11-22-17-8-7-13(10-21)9-15(17)19/h2-10H,11H2,1H3. The Morgan fingerprint density at radius 2 is 2.00 bits per heavy atom. The maximum Gasteiger partial charge on any atom is 0.226 e. The Bertz CT molecular complexity index is 828. The fourth-order valence-electron chi connectivity index (χ4n) is 2.12. The summed E-state index contributed by atoms with van der Waals surface area (Å²) in [6, 6.07) is 14.6. The predicted molar refractivity (Wildman–Crippen MR) is 87.8 cm³/mol. The van der Waals surface area contributed by atoms with Gasteiger partial charge in [0.05, 0.1) is 5.02 Å². The summed E-state index contributed by atoms with van der Waals surface area (Å²) in [6.07, 6.45) is 0.740. The van der Waals surface area contributed by atoms with Crippen LogP contribution in [0.25, 0.3) is 11.5 Å². The maximum atomic E-state index is 10.7. The number of aryl methyl sites for hydroxylation is 1. The van der Waals surface area contributed by atoms with Gasteiger partial charge in [-0.1, -0.05) is 29.8 Å². The molecule has 0 aliphatic heterocycles. The van der Waals surface area contributed by atoms with E-state index in [1.807, 2.05) is 37.3 Å². The first-order valence-electron chi connectivity index (χ1n) is 7.06. The van der Waals surface area contributed by atoms with E-state index in [9.17, 15) is 4.79 Å². The Morgan fingerprint density at radius 1 is 1.22 bits per heavy atom. The van der Waals surface area contributed by atoms with Crippen molar-refractivity contribution in [3.05, 3.63) is 70.6 Å².